The Hall–Kier alpha value is -0.280. The number of fused-ring (bicyclic) bond motifs is 5. The van der Waals surface area contributed by atoms with E-state index in [-0.39, 0.29) is 5.41 Å². The molecule has 4 aliphatic rings. The Morgan fingerprint density at radius 3 is 2.04 bits per heavy atom. The third-order valence-electron chi connectivity index (χ3n) is 14.5. The highest BCUT2D eigenvalue weighted by Crippen LogP contribution is 2.69. The van der Waals surface area contributed by atoms with Crippen LogP contribution in [0.2, 0.25) is 0 Å². The molecule has 0 aromatic heterocycles. The predicted octanol–water partition coefficient (Wildman–Crippen LogP) is 7.78. The first-order valence-corrected chi connectivity index (χ1v) is 21.5. The summed E-state index contributed by atoms with van der Waals surface area (Å²) in [6.45, 7) is 20.8. The molecule has 7 nitrogen and oxygen atoms in total. The second-order valence-corrected chi connectivity index (χ2v) is 17.5. The molecule has 288 valence electrons. The molecule has 0 aliphatic heterocycles. The van der Waals surface area contributed by atoms with Crippen molar-refractivity contribution in [1.29, 1.82) is 0 Å². The molecule has 0 radical (unpaired) electrons. The number of unbranched alkanes of at least 4 members (excludes halogenated alkanes) is 3. The summed E-state index contributed by atoms with van der Waals surface area (Å²) in [5.41, 5.74) is 18.3. The summed E-state index contributed by atoms with van der Waals surface area (Å²) < 4.78 is 20.5. The number of nitrogens with zero attached hydrogens (tertiary/aromatic N) is 1. The van der Waals surface area contributed by atoms with E-state index in [1.54, 1.807) is 0 Å². The molecule has 0 aromatic carbocycles. The molecule has 6 N–H and O–H groups in total. The fourth-order valence-electron chi connectivity index (χ4n) is 11.7. The number of hydrogen-bond donors (Lipinski definition) is 3. The van der Waals surface area contributed by atoms with Gasteiger partial charge < -0.3 is 36.3 Å². The lowest BCUT2D eigenvalue weighted by molar-refractivity contribution is -0.227. The highest BCUT2D eigenvalue weighted by Gasteiger charge is 2.66. The molecule has 4 saturated carbocycles. The molecule has 4 aliphatic carbocycles. The quantitative estimate of drug-likeness (QED) is 0.0888. The van der Waals surface area contributed by atoms with Gasteiger partial charge >= 0.3 is 0 Å². The normalized spacial score (nSPS) is 36.4. The van der Waals surface area contributed by atoms with Crippen molar-refractivity contribution in [1.82, 2.24) is 4.90 Å². The summed E-state index contributed by atoms with van der Waals surface area (Å²) in [5, 5.41) is 0. The minimum atomic E-state index is 0.180. The van der Waals surface area contributed by atoms with Gasteiger partial charge in [-0.15, -0.1) is 0 Å². The average Bonchev–Trinajstić information content (AvgIpc) is 3.45. The Kier molecular flexibility index (Phi) is 17.6. The van der Waals surface area contributed by atoms with Gasteiger partial charge in [0.2, 0.25) is 0 Å². The van der Waals surface area contributed by atoms with E-state index in [2.05, 4.69) is 39.5 Å². The van der Waals surface area contributed by atoms with Crippen molar-refractivity contribution >= 4 is 0 Å². The number of rotatable bonds is 24. The lowest BCUT2D eigenvalue weighted by Gasteiger charge is -2.65. The van der Waals surface area contributed by atoms with Crippen molar-refractivity contribution < 1.29 is 14.2 Å². The predicted molar refractivity (Wildman–Crippen MR) is 205 cm³/mol. The maximum absolute atomic E-state index is 7.07. The second-order valence-electron chi connectivity index (χ2n) is 17.5. The largest absolute Gasteiger partial charge is 0.378 e. The highest BCUT2D eigenvalue weighted by atomic mass is 16.5. The first-order valence-electron chi connectivity index (χ1n) is 21.5. The molecule has 11 atom stereocenters. The van der Waals surface area contributed by atoms with Gasteiger partial charge in [0.25, 0.3) is 0 Å². The Morgan fingerprint density at radius 1 is 0.694 bits per heavy atom. The van der Waals surface area contributed by atoms with Crippen molar-refractivity contribution in [3.8, 4) is 0 Å². The maximum Gasteiger partial charge on any atom is 0.0637 e. The topological polar surface area (TPSA) is 109 Å². The summed E-state index contributed by atoms with van der Waals surface area (Å²) >= 11 is 0. The van der Waals surface area contributed by atoms with Crippen LogP contribution in [-0.2, 0) is 14.2 Å². The summed E-state index contributed by atoms with van der Waals surface area (Å²) in [5.74, 6) is 3.92. The van der Waals surface area contributed by atoms with Crippen molar-refractivity contribution in [3.63, 3.8) is 0 Å². The van der Waals surface area contributed by atoms with E-state index >= 15 is 0 Å². The van der Waals surface area contributed by atoms with Gasteiger partial charge in [-0.1, -0.05) is 53.9 Å². The Morgan fingerprint density at radius 2 is 1.35 bits per heavy atom. The molecule has 0 amide bonds. The van der Waals surface area contributed by atoms with Crippen LogP contribution >= 0.6 is 0 Å². The molecule has 0 heterocycles. The van der Waals surface area contributed by atoms with Gasteiger partial charge in [-0.3, -0.25) is 0 Å². The third-order valence-corrected chi connectivity index (χ3v) is 14.5. The lowest BCUT2D eigenvalue weighted by atomic mass is 9.43. The molecule has 4 rings (SSSR count). The molecule has 49 heavy (non-hydrogen) atoms. The van der Waals surface area contributed by atoms with Crippen molar-refractivity contribution in [2.24, 2.45) is 63.5 Å². The Balaban J connectivity index is 1.54. The molecule has 0 unspecified atom stereocenters. The molecule has 0 bridgehead atoms. The van der Waals surface area contributed by atoms with Crippen LogP contribution in [0.5, 0.6) is 0 Å². The highest BCUT2D eigenvalue weighted by molar-refractivity contribution is 5.15. The van der Waals surface area contributed by atoms with Crippen molar-refractivity contribution in [2.45, 2.75) is 162 Å². The van der Waals surface area contributed by atoms with Crippen LogP contribution in [0.15, 0.2) is 0 Å². The van der Waals surface area contributed by atoms with E-state index in [4.69, 9.17) is 31.4 Å². The van der Waals surface area contributed by atoms with Gasteiger partial charge in [0, 0.05) is 25.2 Å². The molecule has 4 fully saturated rings. The average molecular weight is 691 g/mol. The maximum atomic E-state index is 7.07. The molecular weight excluding hydrogens is 608 g/mol. The van der Waals surface area contributed by atoms with Gasteiger partial charge in [-0.2, -0.15) is 0 Å². The zero-order chi connectivity index (χ0) is 35.3. The van der Waals surface area contributed by atoms with Crippen LogP contribution in [0.4, 0.5) is 0 Å². The zero-order valence-electron chi connectivity index (χ0n) is 33.0. The van der Waals surface area contributed by atoms with E-state index in [0.29, 0.717) is 78.9 Å². The van der Waals surface area contributed by atoms with Gasteiger partial charge in [0.05, 0.1) is 18.3 Å². The third kappa shape index (κ3) is 10.2. The van der Waals surface area contributed by atoms with E-state index in [1.807, 2.05) is 0 Å². The molecule has 0 spiro atoms. The fraction of sp³-hybridized carbons (Fsp3) is 1.00. The second kappa shape index (κ2) is 20.8. The van der Waals surface area contributed by atoms with Crippen LogP contribution in [0.3, 0.4) is 0 Å². The fourth-order valence-corrected chi connectivity index (χ4v) is 11.7. The number of ether oxygens (including phenoxy) is 3. The van der Waals surface area contributed by atoms with Crippen LogP contribution in [0.1, 0.15) is 144 Å². The number of hydrogen-bond acceptors (Lipinski definition) is 7. The van der Waals surface area contributed by atoms with Crippen molar-refractivity contribution in [2.75, 3.05) is 59.1 Å². The van der Waals surface area contributed by atoms with E-state index in [1.165, 1.54) is 103 Å². The molecule has 7 heteroatoms. The minimum Gasteiger partial charge on any atom is -0.378 e. The molecule has 0 saturated heterocycles. The van der Waals surface area contributed by atoms with Crippen molar-refractivity contribution in [3.05, 3.63) is 0 Å². The summed E-state index contributed by atoms with van der Waals surface area (Å²) in [6, 6.07) is 0. The summed E-state index contributed by atoms with van der Waals surface area (Å²) in [7, 11) is 0. The molecular formula is C42H82N4O3. The van der Waals surface area contributed by atoms with Crippen LogP contribution in [0, 0.1) is 46.3 Å². The van der Waals surface area contributed by atoms with Gasteiger partial charge in [0.15, 0.2) is 0 Å². The van der Waals surface area contributed by atoms with Crippen LogP contribution < -0.4 is 17.2 Å². The summed E-state index contributed by atoms with van der Waals surface area (Å²) in [6.07, 6.45) is 21.7. The first-order chi connectivity index (χ1) is 23.8. The standard InChI is InChI=1S/C42H82N4O3/c1-6-8-10-24-46(23-9-7-2)25-11-15-32(3)35-16-17-36-40-37(31-39(42(35,36)5)49-28-14-22-45)41(4)19-18-34(47-26-12-20-43)29-33(41)30-38(40)48-27-13-21-44/h32-40H,6-31,43-45H2,1-5H3/t32-,33+,34-,35-,36+,37+,38-,39+,40+,41+,42-/m1/s1. The van der Waals surface area contributed by atoms with E-state index < -0.39 is 0 Å². The van der Waals surface area contributed by atoms with Gasteiger partial charge in [-0.05, 0) is 170 Å². The molecule has 0 aromatic rings. The Labute approximate surface area is 303 Å². The Bertz CT molecular complexity index is 909. The van der Waals surface area contributed by atoms with Gasteiger partial charge in [-0.25, -0.2) is 0 Å². The van der Waals surface area contributed by atoms with Gasteiger partial charge in [0.1, 0.15) is 0 Å². The zero-order valence-corrected chi connectivity index (χ0v) is 33.0. The monoisotopic (exact) mass is 691 g/mol. The van der Waals surface area contributed by atoms with Crippen LogP contribution in [-0.4, -0.2) is 82.3 Å². The lowest BCUT2D eigenvalue weighted by Crippen LogP contribution is -2.63. The van der Waals surface area contributed by atoms with E-state index in [0.717, 1.165) is 45.5 Å². The SMILES string of the molecule is CCCCCN(CCCC)CCC[C@@H](C)[C@H]1CC[C@H]2[C@@H]3[C@H](OCCCN)C[C@@H]4C[C@H](OCCCN)CC[C@]4(C)[C@H]3C[C@H](OCCCN)[C@]12C. The van der Waals surface area contributed by atoms with E-state index in [9.17, 15) is 0 Å². The summed E-state index contributed by atoms with van der Waals surface area (Å²) in [4.78, 5) is 2.77. The smallest absolute Gasteiger partial charge is 0.0637 e. The van der Waals surface area contributed by atoms with Crippen LogP contribution in [0.25, 0.3) is 0 Å². The number of nitrogens with two attached hydrogens (primary N) is 3. The minimum absolute atomic E-state index is 0.180. The first kappa shape index (κ1) is 41.5.